The predicted molar refractivity (Wildman–Crippen MR) is 66.8 cm³/mol. The summed E-state index contributed by atoms with van der Waals surface area (Å²) in [5.41, 5.74) is 0.479. The van der Waals surface area contributed by atoms with Crippen LogP contribution in [0.5, 0.6) is 0 Å². The molecule has 0 rings (SSSR count). The van der Waals surface area contributed by atoms with Crippen LogP contribution >= 0.6 is 11.8 Å². The maximum Gasteiger partial charge on any atom is 0.309 e. The summed E-state index contributed by atoms with van der Waals surface area (Å²) >= 11 is 1.57. The molecule has 86 valence electrons. The molecule has 0 unspecified atom stereocenters. The highest BCUT2D eigenvalue weighted by molar-refractivity contribution is 8.05. The molecule has 0 amide bonds. The molecule has 0 aliphatic heterocycles. The van der Waals surface area contributed by atoms with Crippen LogP contribution in [-0.4, -0.2) is 11.1 Å². The molecule has 0 aromatic rings. The Labute approximate surface area is 96.5 Å². The quantitative estimate of drug-likeness (QED) is 0.745. The van der Waals surface area contributed by atoms with E-state index in [1.807, 2.05) is 19.3 Å². The van der Waals surface area contributed by atoms with Crippen molar-refractivity contribution in [3.63, 3.8) is 0 Å². The third-order valence-corrected chi connectivity index (χ3v) is 2.98. The highest BCUT2D eigenvalue weighted by Crippen LogP contribution is 2.29. The van der Waals surface area contributed by atoms with Crippen molar-refractivity contribution in [2.45, 2.75) is 40.5 Å². The van der Waals surface area contributed by atoms with Crippen molar-refractivity contribution in [2.24, 2.45) is 5.41 Å². The summed E-state index contributed by atoms with van der Waals surface area (Å²) in [6.45, 7) is 11.3. The number of carboxylic acid groups (broad SMARTS) is 1. The lowest BCUT2D eigenvalue weighted by Gasteiger charge is -2.20. The Kier molecular flexibility index (Phi) is 5.73. The number of hydrogen-bond acceptors (Lipinski definition) is 2. The van der Waals surface area contributed by atoms with Gasteiger partial charge in [-0.1, -0.05) is 19.1 Å². The van der Waals surface area contributed by atoms with Gasteiger partial charge < -0.3 is 5.11 Å². The Hall–Kier alpha value is -0.700. The van der Waals surface area contributed by atoms with Crippen molar-refractivity contribution in [3.8, 4) is 0 Å². The fourth-order valence-corrected chi connectivity index (χ4v) is 1.70. The molecule has 0 bridgehead atoms. The van der Waals surface area contributed by atoms with Gasteiger partial charge in [-0.15, -0.1) is 11.8 Å². The second-order valence-corrected chi connectivity index (χ2v) is 5.48. The Morgan fingerprint density at radius 3 is 2.40 bits per heavy atom. The molecular weight excluding hydrogens is 208 g/mol. The summed E-state index contributed by atoms with van der Waals surface area (Å²) in [5, 5.41) is 11.0. The number of rotatable bonds is 6. The van der Waals surface area contributed by atoms with E-state index in [2.05, 4.69) is 6.58 Å². The molecule has 2 nitrogen and oxygen atoms in total. The van der Waals surface area contributed by atoms with E-state index in [9.17, 15) is 4.79 Å². The van der Waals surface area contributed by atoms with Crippen LogP contribution in [0.2, 0.25) is 0 Å². The molecule has 0 aliphatic rings. The number of allylic oxidation sites excluding steroid dienone is 2. The van der Waals surface area contributed by atoms with E-state index in [4.69, 9.17) is 5.11 Å². The van der Waals surface area contributed by atoms with Crippen LogP contribution in [0.4, 0.5) is 0 Å². The van der Waals surface area contributed by atoms with E-state index in [1.54, 1.807) is 25.6 Å². The lowest BCUT2D eigenvalue weighted by molar-refractivity contribution is -0.146. The van der Waals surface area contributed by atoms with Crippen molar-refractivity contribution in [1.82, 2.24) is 0 Å². The number of thioether (sulfide) groups is 1. The first-order valence-corrected chi connectivity index (χ1v) is 5.91. The van der Waals surface area contributed by atoms with Crippen LogP contribution in [0.25, 0.3) is 0 Å². The summed E-state index contributed by atoms with van der Waals surface area (Å²) in [5.74, 6) is -0.748. The summed E-state index contributed by atoms with van der Waals surface area (Å²) < 4.78 is 0. The molecule has 0 saturated carbocycles. The van der Waals surface area contributed by atoms with Gasteiger partial charge in [-0.05, 0) is 43.9 Å². The molecule has 0 heterocycles. The standard InChI is InChI=1S/C12H20O2S/c1-6-10(8-15-9(2)3)7-12(4,5)11(13)14/h8H,2,6-7H2,1,3-5H3,(H,13,14)/b10-8+. The molecule has 3 heteroatoms. The van der Waals surface area contributed by atoms with E-state index < -0.39 is 11.4 Å². The molecule has 0 aromatic carbocycles. The first kappa shape index (κ1) is 14.3. The lowest BCUT2D eigenvalue weighted by atomic mass is 9.85. The van der Waals surface area contributed by atoms with E-state index in [0.717, 1.165) is 16.9 Å². The monoisotopic (exact) mass is 228 g/mol. The van der Waals surface area contributed by atoms with Gasteiger partial charge in [0.05, 0.1) is 5.41 Å². The minimum atomic E-state index is -0.748. The molecule has 0 radical (unpaired) electrons. The largest absolute Gasteiger partial charge is 0.481 e. The third kappa shape index (κ3) is 5.67. The Morgan fingerprint density at radius 2 is 2.07 bits per heavy atom. The SMILES string of the molecule is C=C(C)S/C=C(\CC)CC(C)(C)C(=O)O. The van der Waals surface area contributed by atoms with Gasteiger partial charge in [0.1, 0.15) is 0 Å². The highest BCUT2D eigenvalue weighted by Gasteiger charge is 2.27. The second-order valence-electron chi connectivity index (χ2n) is 4.32. The molecule has 0 aromatic heterocycles. The van der Waals surface area contributed by atoms with Gasteiger partial charge in [-0.3, -0.25) is 4.79 Å². The van der Waals surface area contributed by atoms with Gasteiger partial charge in [-0.2, -0.15) is 0 Å². The summed E-state index contributed by atoms with van der Waals surface area (Å²) in [4.78, 5) is 12.0. The average molecular weight is 228 g/mol. The minimum Gasteiger partial charge on any atom is -0.481 e. The third-order valence-electron chi connectivity index (χ3n) is 2.13. The van der Waals surface area contributed by atoms with Crippen LogP contribution in [0, 0.1) is 5.41 Å². The zero-order valence-corrected chi connectivity index (χ0v) is 10.8. The maximum absolute atomic E-state index is 11.0. The van der Waals surface area contributed by atoms with Crippen molar-refractivity contribution in [3.05, 3.63) is 22.5 Å². The fraction of sp³-hybridized carbons (Fsp3) is 0.583. The van der Waals surface area contributed by atoms with Crippen LogP contribution < -0.4 is 0 Å². The van der Waals surface area contributed by atoms with Gasteiger partial charge in [0, 0.05) is 0 Å². The number of carbonyl (C=O) groups is 1. The molecule has 15 heavy (non-hydrogen) atoms. The zero-order chi connectivity index (χ0) is 12.1. The van der Waals surface area contributed by atoms with E-state index in [-0.39, 0.29) is 0 Å². The first-order chi connectivity index (χ1) is 6.79. The molecule has 0 atom stereocenters. The Morgan fingerprint density at radius 1 is 1.53 bits per heavy atom. The zero-order valence-electron chi connectivity index (χ0n) is 9.96. The van der Waals surface area contributed by atoms with E-state index in [0.29, 0.717) is 6.42 Å². The topological polar surface area (TPSA) is 37.3 Å². The number of aliphatic carboxylic acids is 1. The molecule has 0 fully saturated rings. The number of carboxylic acids is 1. The molecule has 0 spiro atoms. The second kappa shape index (κ2) is 6.01. The van der Waals surface area contributed by atoms with Gasteiger partial charge in [0.15, 0.2) is 0 Å². The summed E-state index contributed by atoms with van der Waals surface area (Å²) in [7, 11) is 0. The van der Waals surface area contributed by atoms with Crippen molar-refractivity contribution in [1.29, 1.82) is 0 Å². The fourth-order valence-electron chi connectivity index (χ4n) is 1.08. The van der Waals surface area contributed by atoms with Crippen LogP contribution in [0.15, 0.2) is 22.5 Å². The Balaban J connectivity index is 4.52. The molecule has 0 saturated heterocycles. The maximum atomic E-state index is 11.0. The van der Waals surface area contributed by atoms with Gasteiger partial charge in [0.25, 0.3) is 0 Å². The minimum absolute atomic E-state index is 0.596. The lowest BCUT2D eigenvalue weighted by Crippen LogP contribution is -2.24. The Bertz CT molecular complexity index is 277. The van der Waals surface area contributed by atoms with Gasteiger partial charge in [-0.25, -0.2) is 0 Å². The summed E-state index contributed by atoms with van der Waals surface area (Å²) in [6.07, 6.45) is 1.48. The van der Waals surface area contributed by atoms with Crippen LogP contribution in [0.1, 0.15) is 40.5 Å². The smallest absolute Gasteiger partial charge is 0.309 e. The molecule has 1 N–H and O–H groups in total. The van der Waals surface area contributed by atoms with Crippen LogP contribution in [-0.2, 0) is 4.79 Å². The highest BCUT2D eigenvalue weighted by atomic mass is 32.2. The van der Waals surface area contributed by atoms with E-state index in [1.165, 1.54) is 0 Å². The van der Waals surface area contributed by atoms with Crippen LogP contribution in [0.3, 0.4) is 0 Å². The van der Waals surface area contributed by atoms with Gasteiger partial charge >= 0.3 is 5.97 Å². The van der Waals surface area contributed by atoms with E-state index >= 15 is 0 Å². The molecule has 0 aliphatic carbocycles. The molecular formula is C12H20O2S. The summed E-state index contributed by atoms with van der Waals surface area (Å²) in [6, 6.07) is 0. The van der Waals surface area contributed by atoms with Crippen molar-refractivity contribution in [2.75, 3.05) is 0 Å². The normalized spacial score (nSPS) is 12.7. The number of hydrogen-bond donors (Lipinski definition) is 1. The van der Waals surface area contributed by atoms with Crippen molar-refractivity contribution < 1.29 is 9.90 Å². The van der Waals surface area contributed by atoms with Crippen molar-refractivity contribution >= 4 is 17.7 Å². The predicted octanol–water partition coefficient (Wildman–Crippen LogP) is 4.05. The van der Waals surface area contributed by atoms with Gasteiger partial charge in [0.2, 0.25) is 0 Å². The first-order valence-electron chi connectivity index (χ1n) is 5.03. The average Bonchev–Trinajstić information content (AvgIpc) is 2.11.